The highest BCUT2D eigenvalue weighted by atomic mass is 127. The van der Waals surface area contributed by atoms with Gasteiger partial charge < -0.3 is 0 Å². The van der Waals surface area contributed by atoms with Gasteiger partial charge in [0.2, 0.25) is 0 Å². The van der Waals surface area contributed by atoms with E-state index in [1.165, 1.54) is 44.1 Å². The Morgan fingerprint density at radius 3 is 2.50 bits per heavy atom. The highest BCUT2D eigenvalue weighted by Crippen LogP contribution is 2.27. The van der Waals surface area contributed by atoms with Crippen molar-refractivity contribution in [2.75, 3.05) is 0 Å². The lowest BCUT2D eigenvalue weighted by Gasteiger charge is -2.07. The van der Waals surface area contributed by atoms with E-state index in [9.17, 15) is 0 Å². The van der Waals surface area contributed by atoms with Gasteiger partial charge in [0, 0.05) is 8.04 Å². The third kappa shape index (κ3) is 4.89. The minimum atomic E-state index is 0.758. The second-order valence-corrected chi connectivity index (χ2v) is 6.40. The van der Waals surface area contributed by atoms with Crippen molar-refractivity contribution in [3.8, 4) is 6.07 Å². The number of unbranched alkanes of at least 4 members (excludes halogenated alkanes) is 5. The van der Waals surface area contributed by atoms with E-state index < -0.39 is 0 Å². The number of hydrogen-bond donors (Lipinski definition) is 0. The van der Waals surface area contributed by atoms with Crippen LogP contribution in [0.15, 0.2) is 16.6 Å². The van der Waals surface area contributed by atoms with E-state index in [4.69, 9.17) is 5.26 Å². The summed E-state index contributed by atoms with van der Waals surface area (Å²) < 4.78 is 2.15. The molecule has 0 saturated heterocycles. The number of nitriles is 1. The summed E-state index contributed by atoms with van der Waals surface area (Å²) in [6.45, 7) is 2.25. The maximum Gasteiger partial charge on any atom is 0.100 e. The summed E-state index contributed by atoms with van der Waals surface area (Å²) in [6, 6.07) is 6.23. The largest absolute Gasteiger partial charge is 0.192 e. The Morgan fingerprint density at radius 2 is 1.83 bits per heavy atom. The van der Waals surface area contributed by atoms with Crippen LogP contribution < -0.4 is 0 Å². The van der Waals surface area contributed by atoms with Gasteiger partial charge in [-0.3, -0.25) is 0 Å². The van der Waals surface area contributed by atoms with E-state index in [0.717, 1.165) is 20.0 Å². The Bertz CT molecular complexity index is 423. The molecule has 0 aliphatic rings. The van der Waals surface area contributed by atoms with Crippen LogP contribution in [0.25, 0.3) is 0 Å². The standard InChI is InChI=1S/C15H19BrIN/c1-2-3-4-5-6-7-8-12-9-10-13(11-18)15(17)14(12)16/h9-10H,2-8H2,1H3. The van der Waals surface area contributed by atoms with Crippen LogP contribution in [0.3, 0.4) is 0 Å². The minimum Gasteiger partial charge on any atom is -0.192 e. The number of hydrogen-bond acceptors (Lipinski definition) is 1. The molecule has 1 nitrogen and oxygen atoms in total. The summed E-state index contributed by atoms with van der Waals surface area (Å²) in [6.07, 6.45) is 9.03. The van der Waals surface area contributed by atoms with Crippen molar-refractivity contribution in [3.05, 3.63) is 31.3 Å². The predicted octanol–water partition coefficient (Wildman–Crippen LogP) is 5.83. The zero-order valence-corrected chi connectivity index (χ0v) is 14.6. The fourth-order valence-electron chi connectivity index (χ4n) is 1.96. The van der Waals surface area contributed by atoms with Crippen molar-refractivity contribution < 1.29 is 0 Å². The van der Waals surface area contributed by atoms with Crippen LogP contribution in [0.5, 0.6) is 0 Å². The molecule has 0 aliphatic heterocycles. The van der Waals surface area contributed by atoms with Crippen molar-refractivity contribution in [1.29, 1.82) is 5.26 Å². The van der Waals surface area contributed by atoms with Gasteiger partial charge in [0.05, 0.1) is 5.56 Å². The van der Waals surface area contributed by atoms with Gasteiger partial charge >= 0.3 is 0 Å². The molecule has 1 aromatic rings. The molecule has 0 bridgehead atoms. The smallest absolute Gasteiger partial charge is 0.100 e. The average Bonchev–Trinajstić information content (AvgIpc) is 2.38. The molecule has 98 valence electrons. The van der Waals surface area contributed by atoms with E-state index in [-0.39, 0.29) is 0 Å². The molecular formula is C15H19BrIN. The second-order valence-electron chi connectivity index (χ2n) is 4.53. The van der Waals surface area contributed by atoms with E-state index in [1.807, 2.05) is 6.07 Å². The Labute approximate surface area is 132 Å². The number of nitrogens with zero attached hydrogens (tertiary/aromatic N) is 1. The quantitative estimate of drug-likeness (QED) is 0.403. The molecule has 0 atom stereocenters. The second kappa shape index (κ2) is 8.92. The predicted molar refractivity (Wildman–Crippen MR) is 88.7 cm³/mol. The zero-order chi connectivity index (χ0) is 13.4. The first kappa shape index (κ1) is 16.0. The van der Waals surface area contributed by atoms with Gasteiger partial charge in [-0.1, -0.05) is 45.1 Å². The molecule has 0 unspecified atom stereocenters. The maximum atomic E-state index is 8.95. The van der Waals surface area contributed by atoms with Gasteiger partial charge in [0.1, 0.15) is 6.07 Å². The van der Waals surface area contributed by atoms with Gasteiger partial charge in [-0.15, -0.1) is 0 Å². The van der Waals surface area contributed by atoms with Crippen molar-refractivity contribution >= 4 is 38.5 Å². The molecule has 1 rings (SSSR count). The van der Waals surface area contributed by atoms with Crippen molar-refractivity contribution in [1.82, 2.24) is 0 Å². The minimum absolute atomic E-state index is 0.758. The first-order valence-corrected chi connectivity index (χ1v) is 8.44. The number of rotatable bonds is 7. The van der Waals surface area contributed by atoms with Crippen LogP contribution in [0.2, 0.25) is 0 Å². The Morgan fingerprint density at radius 1 is 1.17 bits per heavy atom. The monoisotopic (exact) mass is 419 g/mol. The lowest BCUT2D eigenvalue weighted by Crippen LogP contribution is -1.93. The van der Waals surface area contributed by atoms with E-state index in [0.29, 0.717) is 0 Å². The molecule has 0 spiro atoms. The van der Waals surface area contributed by atoms with Crippen molar-refractivity contribution in [3.63, 3.8) is 0 Å². The van der Waals surface area contributed by atoms with Gasteiger partial charge in [-0.25, -0.2) is 0 Å². The molecule has 1 aromatic carbocycles. The van der Waals surface area contributed by atoms with Crippen LogP contribution in [0.1, 0.15) is 56.6 Å². The summed E-state index contributed by atoms with van der Waals surface area (Å²) in [7, 11) is 0. The topological polar surface area (TPSA) is 23.8 Å². The molecule has 0 saturated carbocycles. The summed E-state index contributed by atoms with van der Waals surface area (Å²) in [5.41, 5.74) is 2.09. The maximum absolute atomic E-state index is 8.95. The summed E-state index contributed by atoms with van der Waals surface area (Å²) in [5.74, 6) is 0. The Balaban J connectivity index is 2.44. The molecule has 0 heterocycles. The SMILES string of the molecule is CCCCCCCCc1ccc(C#N)c(I)c1Br. The number of benzene rings is 1. The van der Waals surface area contributed by atoms with E-state index in [1.54, 1.807) is 0 Å². The zero-order valence-electron chi connectivity index (χ0n) is 10.8. The third-order valence-electron chi connectivity index (χ3n) is 3.08. The molecule has 0 fully saturated rings. The van der Waals surface area contributed by atoms with Crippen LogP contribution in [-0.2, 0) is 6.42 Å². The summed E-state index contributed by atoms with van der Waals surface area (Å²) in [5, 5.41) is 8.95. The summed E-state index contributed by atoms with van der Waals surface area (Å²) in [4.78, 5) is 0. The molecule has 0 amide bonds. The fraction of sp³-hybridized carbons (Fsp3) is 0.533. The highest BCUT2D eigenvalue weighted by Gasteiger charge is 2.08. The molecule has 0 aromatic heterocycles. The average molecular weight is 420 g/mol. The van der Waals surface area contributed by atoms with Crippen LogP contribution >= 0.6 is 38.5 Å². The Hall–Kier alpha value is -0.0800. The van der Waals surface area contributed by atoms with E-state index >= 15 is 0 Å². The lowest BCUT2D eigenvalue weighted by atomic mass is 10.0. The highest BCUT2D eigenvalue weighted by molar-refractivity contribution is 14.1. The van der Waals surface area contributed by atoms with Crippen LogP contribution in [0, 0.1) is 14.9 Å². The normalized spacial score (nSPS) is 10.3. The number of aryl methyl sites for hydroxylation is 1. The van der Waals surface area contributed by atoms with Gasteiger partial charge in [0.15, 0.2) is 0 Å². The Kier molecular flexibility index (Phi) is 7.92. The molecule has 0 radical (unpaired) electrons. The molecule has 0 aliphatic carbocycles. The van der Waals surface area contributed by atoms with Crippen LogP contribution in [0.4, 0.5) is 0 Å². The number of halogens is 2. The van der Waals surface area contributed by atoms with Gasteiger partial charge in [-0.05, 0) is 63.0 Å². The molecule has 0 N–H and O–H groups in total. The molecule has 18 heavy (non-hydrogen) atoms. The van der Waals surface area contributed by atoms with E-state index in [2.05, 4.69) is 57.6 Å². The molecular weight excluding hydrogens is 401 g/mol. The van der Waals surface area contributed by atoms with Gasteiger partial charge in [0.25, 0.3) is 0 Å². The molecule has 3 heteroatoms. The lowest BCUT2D eigenvalue weighted by molar-refractivity contribution is 0.607. The summed E-state index contributed by atoms with van der Waals surface area (Å²) >= 11 is 5.85. The van der Waals surface area contributed by atoms with Crippen molar-refractivity contribution in [2.45, 2.75) is 51.9 Å². The van der Waals surface area contributed by atoms with Crippen molar-refractivity contribution in [2.24, 2.45) is 0 Å². The third-order valence-corrected chi connectivity index (χ3v) is 5.85. The fourth-order valence-corrected chi connectivity index (χ4v) is 3.16. The van der Waals surface area contributed by atoms with Gasteiger partial charge in [-0.2, -0.15) is 5.26 Å². The van der Waals surface area contributed by atoms with Crippen LogP contribution in [-0.4, -0.2) is 0 Å². The first-order valence-electron chi connectivity index (χ1n) is 6.57. The first-order chi connectivity index (χ1) is 8.70.